The van der Waals surface area contributed by atoms with Crippen LogP contribution in [0.2, 0.25) is 0 Å². The van der Waals surface area contributed by atoms with Gasteiger partial charge in [-0.25, -0.2) is 0 Å². The predicted octanol–water partition coefficient (Wildman–Crippen LogP) is 2.35. The van der Waals surface area contributed by atoms with E-state index in [1.807, 2.05) is 12.1 Å². The Morgan fingerprint density at radius 2 is 1.83 bits per heavy atom. The number of methoxy groups -OCH3 is 1. The van der Waals surface area contributed by atoms with Gasteiger partial charge in [0.25, 0.3) is 0 Å². The normalized spacial score (nSPS) is 11.7. The topological polar surface area (TPSA) is 52.6 Å². The molecule has 1 aromatic carbocycles. The van der Waals surface area contributed by atoms with Crippen LogP contribution in [-0.4, -0.2) is 18.9 Å². The van der Waals surface area contributed by atoms with Gasteiger partial charge in [-0.3, -0.25) is 9.59 Å². The lowest BCUT2D eigenvalue weighted by Crippen LogP contribution is -2.14. The third-order valence-corrected chi connectivity index (χ3v) is 2.73. The van der Waals surface area contributed by atoms with Crippen LogP contribution in [0.3, 0.4) is 0 Å². The Hall–Kier alpha value is -1.84. The van der Waals surface area contributed by atoms with Gasteiger partial charge in [0.1, 0.15) is 18.1 Å². The fourth-order valence-electron chi connectivity index (χ4n) is 1.34. The van der Waals surface area contributed by atoms with Gasteiger partial charge in [0.05, 0.1) is 13.5 Å². The molecule has 1 unspecified atom stereocenters. The number of carbonyl (C=O) groups is 2. The Morgan fingerprint density at radius 3 is 2.33 bits per heavy atom. The fourth-order valence-corrected chi connectivity index (χ4v) is 1.34. The molecule has 0 saturated carbocycles. The maximum Gasteiger partial charge on any atom is 0.306 e. The van der Waals surface area contributed by atoms with Gasteiger partial charge in [0.2, 0.25) is 0 Å². The van der Waals surface area contributed by atoms with Gasteiger partial charge < -0.3 is 9.47 Å². The van der Waals surface area contributed by atoms with Gasteiger partial charge in [-0.1, -0.05) is 19.1 Å². The van der Waals surface area contributed by atoms with Crippen LogP contribution in [0.1, 0.15) is 25.8 Å². The molecule has 4 heteroatoms. The number of benzene rings is 1. The van der Waals surface area contributed by atoms with Gasteiger partial charge in [0.15, 0.2) is 0 Å². The van der Waals surface area contributed by atoms with Crippen molar-refractivity contribution in [3.8, 4) is 5.75 Å². The zero-order valence-corrected chi connectivity index (χ0v) is 10.9. The van der Waals surface area contributed by atoms with Gasteiger partial charge in [-0.2, -0.15) is 0 Å². The second-order valence-corrected chi connectivity index (χ2v) is 4.22. The van der Waals surface area contributed by atoms with E-state index in [1.165, 1.54) is 6.92 Å². The molecule has 0 amide bonds. The molecule has 98 valence electrons. The van der Waals surface area contributed by atoms with E-state index in [9.17, 15) is 9.59 Å². The first-order chi connectivity index (χ1) is 8.52. The van der Waals surface area contributed by atoms with Crippen molar-refractivity contribution in [3.05, 3.63) is 29.8 Å². The van der Waals surface area contributed by atoms with Crippen LogP contribution in [-0.2, 0) is 20.9 Å². The monoisotopic (exact) mass is 250 g/mol. The minimum atomic E-state index is -0.353. The first-order valence-corrected chi connectivity index (χ1v) is 5.82. The smallest absolute Gasteiger partial charge is 0.306 e. The van der Waals surface area contributed by atoms with Crippen LogP contribution in [0.5, 0.6) is 5.75 Å². The summed E-state index contributed by atoms with van der Waals surface area (Å²) in [4.78, 5) is 22.5. The highest BCUT2D eigenvalue weighted by Crippen LogP contribution is 2.12. The first kappa shape index (κ1) is 14.2. The largest absolute Gasteiger partial charge is 0.497 e. The molecule has 0 aliphatic rings. The number of carbonyl (C=O) groups excluding carboxylic acids is 2. The molecule has 4 nitrogen and oxygen atoms in total. The molecule has 1 rings (SSSR count). The predicted molar refractivity (Wildman–Crippen MR) is 67.3 cm³/mol. The molecule has 0 aromatic heterocycles. The van der Waals surface area contributed by atoms with Crippen molar-refractivity contribution >= 4 is 11.8 Å². The maximum atomic E-state index is 11.5. The number of ether oxygens (including phenoxy) is 2. The quantitative estimate of drug-likeness (QED) is 0.727. The summed E-state index contributed by atoms with van der Waals surface area (Å²) in [5.41, 5.74) is 0.889. The molecular weight excluding hydrogens is 232 g/mol. The third-order valence-electron chi connectivity index (χ3n) is 2.73. The Kier molecular flexibility index (Phi) is 5.36. The minimum absolute atomic E-state index is 0.00334. The Balaban J connectivity index is 2.40. The van der Waals surface area contributed by atoms with Crippen molar-refractivity contribution in [2.45, 2.75) is 26.9 Å². The number of rotatable bonds is 6. The molecule has 0 spiro atoms. The zero-order chi connectivity index (χ0) is 13.5. The molecule has 0 N–H and O–H groups in total. The molecule has 0 heterocycles. The zero-order valence-electron chi connectivity index (χ0n) is 10.9. The van der Waals surface area contributed by atoms with E-state index in [0.29, 0.717) is 0 Å². The van der Waals surface area contributed by atoms with E-state index < -0.39 is 0 Å². The molecule has 0 fully saturated rings. The summed E-state index contributed by atoms with van der Waals surface area (Å²) in [5.74, 6) is 0.119. The van der Waals surface area contributed by atoms with Crippen molar-refractivity contribution in [3.63, 3.8) is 0 Å². The lowest BCUT2D eigenvalue weighted by molar-refractivity contribution is -0.147. The maximum absolute atomic E-state index is 11.5. The van der Waals surface area contributed by atoms with E-state index in [4.69, 9.17) is 9.47 Å². The van der Waals surface area contributed by atoms with Crippen molar-refractivity contribution in [2.24, 2.45) is 5.92 Å². The molecule has 0 aliphatic heterocycles. The number of hydrogen-bond acceptors (Lipinski definition) is 4. The lowest BCUT2D eigenvalue weighted by Gasteiger charge is -2.08. The molecule has 18 heavy (non-hydrogen) atoms. The molecule has 0 saturated heterocycles. The van der Waals surface area contributed by atoms with E-state index >= 15 is 0 Å². The second kappa shape index (κ2) is 6.79. The SMILES string of the molecule is COc1ccc(COC(=O)CC(C)C(C)=O)cc1. The van der Waals surface area contributed by atoms with Crippen molar-refractivity contribution in [1.82, 2.24) is 0 Å². The highest BCUT2D eigenvalue weighted by atomic mass is 16.5. The molecule has 0 bridgehead atoms. The Labute approximate surface area is 107 Å². The average molecular weight is 250 g/mol. The third kappa shape index (κ3) is 4.57. The van der Waals surface area contributed by atoms with Gasteiger partial charge in [-0.05, 0) is 24.6 Å². The number of hydrogen-bond donors (Lipinski definition) is 0. The van der Waals surface area contributed by atoms with E-state index in [0.717, 1.165) is 11.3 Å². The first-order valence-electron chi connectivity index (χ1n) is 5.82. The highest BCUT2D eigenvalue weighted by molar-refractivity contribution is 5.83. The van der Waals surface area contributed by atoms with Crippen molar-refractivity contribution in [2.75, 3.05) is 7.11 Å². The summed E-state index contributed by atoms with van der Waals surface area (Å²) in [7, 11) is 1.60. The Morgan fingerprint density at radius 1 is 1.22 bits per heavy atom. The van der Waals surface area contributed by atoms with Crippen LogP contribution in [0.4, 0.5) is 0 Å². The summed E-state index contributed by atoms with van der Waals surface area (Å²) in [6.45, 7) is 3.41. The lowest BCUT2D eigenvalue weighted by atomic mass is 10.0. The molecular formula is C14H18O4. The summed E-state index contributed by atoms with van der Waals surface area (Å²) in [5, 5.41) is 0. The standard InChI is InChI=1S/C14H18O4/c1-10(11(2)15)8-14(16)18-9-12-4-6-13(17-3)7-5-12/h4-7,10H,8-9H2,1-3H3. The van der Waals surface area contributed by atoms with Crippen LogP contribution >= 0.6 is 0 Å². The number of Topliss-reactive ketones (excluding diaryl/α,β-unsaturated/α-hetero) is 1. The molecule has 0 radical (unpaired) electrons. The van der Waals surface area contributed by atoms with Gasteiger partial charge in [-0.15, -0.1) is 0 Å². The van der Waals surface area contributed by atoms with Gasteiger partial charge in [0, 0.05) is 5.92 Å². The van der Waals surface area contributed by atoms with Crippen LogP contribution in [0, 0.1) is 5.92 Å². The van der Waals surface area contributed by atoms with E-state index in [2.05, 4.69) is 0 Å². The molecule has 1 aromatic rings. The summed E-state index contributed by atoms with van der Waals surface area (Å²) >= 11 is 0. The minimum Gasteiger partial charge on any atom is -0.497 e. The highest BCUT2D eigenvalue weighted by Gasteiger charge is 2.14. The number of esters is 1. The molecule has 1 atom stereocenters. The fraction of sp³-hybridized carbons (Fsp3) is 0.429. The molecule has 0 aliphatic carbocycles. The second-order valence-electron chi connectivity index (χ2n) is 4.22. The van der Waals surface area contributed by atoms with E-state index in [1.54, 1.807) is 26.2 Å². The van der Waals surface area contributed by atoms with Crippen molar-refractivity contribution < 1.29 is 19.1 Å². The van der Waals surface area contributed by atoms with Crippen LogP contribution in [0.15, 0.2) is 24.3 Å². The Bertz CT molecular complexity index is 408. The summed E-state index contributed by atoms with van der Waals surface area (Å²) in [6.07, 6.45) is 0.130. The average Bonchev–Trinajstić information content (AvgIpc) is 2.36. The summed E-state index contributed by atoms with van der Waals surface area (Å²) in [6, 6.07) is 7.28. The van der Waals surface area contributed by atoms with Gasteiger partial charge >= 0.3 is 5.97 Å². The van der Waals surface area contributed by atoms with Crippen LogP contribution in [0.25, 0.3) is 0 Å². The van der Waals surface area contributed by atoms with E-state index in [-0.39, 0.29) is 30.7 Å². The van der Waals surface area contributed by atoms with Crippen LogP contribution < -0.4 is 4.74 Å². The summed E-state index contributed by atoms with van der Waals surface area (Å²) < 4.78 is 10.1. The van der Waals surface area contributed by atoms with Crippen molar-refractivity contribution in [1.29, 1.82) is 0 Å². The number of ketones is 1.